The Balaban J connectivity index is 1.70. The van der Waals surface area contributed by atoms with E-state index >= 15 is 0 Å². The quantitative estimate of drug-likeness (QED) is 0.312. The molecule has 0 saturated heterocycles. The average Bonchev–Trinajstić information content (AvgIpc) is 2.62. The highest BCUT2D eigenvalue weighted by Gasteiger charge is 2.04. The number of benzene rings is 2. The SMILES string of the molecule is COc1ccc2cc(/C=N\NC(=S)Nc3ccccc3)c(Cl)nc2c1. The molecule has 2 aromatic carbocycles. The van der Waals surface area contributed by atoms with Crippen molar-refractivity contribution < 1.29 is 4.74 Å². The Morgan fingerprint density at radius 2 is 2.00 bits per heavy atom. The molecule has 0 fully saturated rings. The fraction of sp³-hybridized carbons (Fsp3) is 0.0556. The molecule has 0 aliphatic rings. The molecule has 0 spiro atoms. The first-order valence-electron chi connectivity index (χ1n) is 7.45. The number of nitrogens with zero attached hydrogens (tertiary/aromatic N) is 2. The number of hydrogen-bond donors (Lipinski definition) is 2. The number of ether oxygens (including phenoxy) is 1. The molecular weight excluding hydrogens is 356 g/mol. The van der Waals surface area contributed by atoms with Crippen LogP contribution >= 0.6 is 23.8 Å². The van der Waals surface area contributed by atoms with Crippen LogP contribution in [0.1, 0.15) is 5.56 Å². The zero-order valence-electron chi connectivity index (χ0n) is 13.4. The van der Waals surface area contributed by atoms with Gasteiger partial charge in [0.15, 0.2) is 5.11 Å². The molecule has 0 saturated carbocycles. The Bertz CT molecular complexity index is 931. The molecule has 3 aromatic rings. The van der Waals surface area contributed by atoms with Crippen LogP contribution in [0.5, 0.6) is 5.75 Å². The number of para-hydroxylation sites is 1. The highest BCUT2D eigenvalue weighted by atomic mass is 35.5. The lowest BCUT2D eigenvalue weighted by atomic mass is 10.1. The van der Waals surface area contributed by atoms with Crippen molar-refractivity contribution in [2.24, 2.45) is 5.10 Å². The molecule has 0 atom stereocenters. The van der Waals surface area contributed by atoms with Crippen LogP contribution in [-0.2, 0) is 0 Å². The number of nitrogens with one attached hydrogen (secondary N) is 2. The highest BCUT2D eigenvalue weighted by Crippen LogP contribution is 2.23. The van der Waals surface area contributed by atoms with Crippen molar-refractivity contribution in [2.45, 2.75) is 0 Å². The van der Waals surface area contributed by atoms with Gasteiger partial charge in [0, 0.05) is 22.7 Å². The lowest BCUT2D eigenvalue weighted by molar-refractivity contribution is 0.415. The summed E-state index contributed by atoms with van der Waals surface area (Å²) < 4.78 is 5.19. The van der Waals surface area contributed by atoms with E-state index < -0.39 is 0 Å². The highest BCUT2D eigenvalue weighted by molar-refractivity contribution is 7.80. The maximum atomic E-state index is 6.22. The number of aromatic nitrogens is 1. The molecule has 3 rings (SSSR count). The minimum atomic E-state index is 0.355. The molecule has 2 N–H and O–H groups in total. The van der Waals surface area contributed by atoms with Crippen molar-refractivity contribution in [2.75, 3.05) is 12.4 Å². The standard InChI is InChI=1S/C18H15ClN4OS/c1-24-15-8-7-12-9-13(17(19)22-16(12)10-15)11-20-23-18(25)21-14-5-3-2-4-6-14/h2-11H,1H3,(H2,21,23,25)/b20-11-. The van der Waals surface area contributed by atoms with Crippen LogP contribution in [0.15, 0.2) is 59.7 Å². The van der Waals surface area contributed by atoms with E-state index in [0.717, 1.165) is 22.3 Å². The van der Waals surface area contributed by atoms with Crippen molar-refractivity contribution in [3.63, 3.8) is 0 Å². The number of methoxy groups -OCH3 is 1. The normalized spacial score (nSPS) is 10.8. The maximum absolute atomic E-state index is 6.22. The van der Waals surface area contributed by atoms with Gasteiger partial charge in [-0.25, -0.2) is 4.98 Å². The molecule has 0 unspecified atom stereocenters. The van der Waals surface area contributed by atoms with Crippen LogP contribution in [-0.4, -0.2) is 23.4 Å². The Morgan fingerprint density at radius 3 is 2.76 bits per heavy atom. The predicted molar refractivity (Wildman–Crippen MR) is 107 cm³/mol. The molecule has 0 aliphatic heterocycles. The first-order valence-corrected chi connectivity index (χ1v) is 8.24. The van der Waals surface area contributed by atoms with Gasteiger partial charge in [-0.2, -0.15) is 5.10 Å². The molecule has 25 heavy (non-hydrogen) atoms. The van der Waals surface area contributed by atoms with Gasteiger partial charge in [0.25, 0.3) is 0 Å². The van der Waals surface area contributed by atoms with Crippen molar-refractivity contribution in [1.29, 1.82) is 0 Å². The predicted octanol–water partition coefficient (Wildman–Crippen LogP) is 4.22. The first kappa shape index (κ1) is 17.1. The zero-order valence-corrected chi connectivity index (χ0v) is 14.9. The van der Waals surface area contributed by atoms with Crippen LogP contribution in [0.2, 0.25) is 5.15 Å². The minimum absolute atomic E-state index is 0.355. The summed E-state index contributed by atoms with van der Waals surface area (Å²) in [7, 11) is 1.61. The number of hydrazone groups is 1. The number of fused-ring (bicyclic) bond motifs is 1. The van der Waals surface area contributed by atoms with Crippen LogP contribution in [0.3, 0.4) is 0 Å². The van der Waals surface area contributed by atoms with Gasteiger partial charge in [-0.05, 0) is 42.5 Å². The van der Waals surface area contributed by atoms with Gasteiger partial charge in [0.1, 0.15) is 10.9 Å². The van der Waals surface area contributed by atoms with Gasteiger partial charge in [-0.3, -0.25) is 5.43 Å². The van der Waals surface area contributed by atoms with E-state index in [-0.39, 0.29) is 0 Å². The molecule has 126 valence electrons. The number of halogens is 1. The lowest BCUT2D eigenvalue weighted by Crippen LogP contribution is -2.23. The number of anilines is 1. The van der Waals surface area contributed by atoms with Gasteiger partial charge in [0.2, 0.25) is 0 Å². The molecule has 0 amide bonds. The summed E-state index contributed by atoms with van der Waals surface area (Å²) in [6, 6.07) is 17.1. The van der Waals surface area contributed by atoms with Crippen LogP contribution in [0, 0.1) is 0 Å². The smallest absolute Gasteiger partial charge is 0.191 e. The molecule has 7 heteroatoms. The second kappa shape index (κ2) is 7.92. The van der Waals surface area contributed by atoms with Crippen molar-refractivity contribution >= 4 is 51.7 Å². The second-order valence-corrected chi connectivity index (χ2v) is 5.88. The fourth-order valence-corrected chi connectivity index (χ4v) is 2.56. The Kier molecular flexibility index (Phi) is 5.42. The van der Waals surface area contributed by atoms with E-state index in [1.807, 2.05) is 54.6 Å². The van der Waals surface area contributed by atoms with Gasteiger partial charge < -0.3 is 10.1 Å². The van der Waals surface area contributed by atoms with E-state index in [1.165, 1.54) is 0 Å². The molecule has 1 heterocycles. The second-order valence-electron chi connectivity index (χ2n) is 5.12. The molecular formula is C18H15ClN4OS. The Hall–Kier alpha value is -2.70. The van der Waals surface area contributed by atoms with Crippen molar-refractivity contribution in [3.8, 4) is 5.75 Å². The topological polar surface area (TPSA) is 58.5 Å². The largest absolute Gasteiger partial charge is 0.497 e. The lowest BCUT2D eigenvalue weighted by Gasteiger charge is -2.07. The minimum Gasteiger partial charge on any atom is -0.497 e. The number of pyridine rings is 1. The van der Waals surface area contributed by atoms with Crippen molar-refractivity contribution in [1.82, 2.24) is 10.4 Å². The summed E-state index contributed by atoms with van der Waals surface area (Å²) in [5.74, 6) is 0.733. The summed E-state index contributed by atoms with van der Waals surface area (Å²) in [6.07, 6.45) is 1.58. The molecule has 1 aromatic heterocycles. The summed E-state index contributed by atoms with van der Waals surface area (Å²) >= 11 is 11.4. The van der Waals surface area contributed by atoms with Crippen LogP contribution < -0.4 is 15.5 Å². The van der Waals surface area contributed by atoms with Crippen molar-refractivity contribution in [3.05, 3.63) is 65.3 Å². The third-order valence-corrected chi connectivity index (χ3v) is 3.90. The van der Waals surface area contributed by atoms with Gasteiger partial charge in [0.05, 0.1) is 18.8 Å². The number of thiocarbonyl (C=S) groups is 1. The Labute approximate surface area is 155 Å². The van der Waals surface area contributed by atoms with E-state index in [9.17, 15) is 0 Å². The van der Waals surface area contributed by atoms with Gasteiger partial charge >= 0.3 is 0 Å². The summed E-state index contributed by atoms with van der Waals surface area (Å²) in [6.45, 7) is 0. The maximum Gasteiger partial charge on any atom is 0.191 e. The van der Waals surface area contributed by atoms with E-state index in [4.69, 9.17) is 28.6 Å². The Morgan fingerprint density at radius 1 is 1.20 bits per heavy atom. The molecule has 5 nitrogen and oxygen atoms in total. The first-order chi connectivity index (χ1) is 12.2. The molecule has 0 bridgehead atoms. The summed E-state index contributed by atoms with van der Waals surface area (Å²) in [5, 5.41) is 8.82. The number of hydrogen-bond acceptors (Lipinski definition) is 4. The summed E-state index contributed by atoms with van der Waals surface area (Å²) in [4.78, 5) is 4.37. The molecule has 0 aliphatic carbocycles. The fourth-order valence-electron chi connectivity index (χ4n) is 2.20. The van der Waals surface area contributed by atoms with E-state index in [1.54, 1.807) is 13.3 Å². The van der Waals surface area contributed by atoms with Gasteiger partial charge in [-0.15, -0.1) is 0 Å². The third kappa shape index (κ3) is 4.43. The van der Waals surface area contributed by atoms with Crippen LogP contribution in [0.25, 0.3) is 10.9 Å². The van der Waals surface area contributed by atoms with Gasteiger partial charge in [-0.1, -0.05) is 29.8 Å². The van der Waals surface area contributed by atoms with E-state index in [2.05, 4.69) is 20.8 Å². The average molecular weight is 371 g/mol. The number of rotatable bonds is 4. The summed E-state index contributed by atoms with van der Waals surface area (Å²) in [5.41, 5.74) is 5.09. The monoisotopic (exact) mass is 370 g/mol. The molecule has 0 radical (unpaired) electrons. The van der Waals surface area contributed by atoms with Crippen LogP contribution in [0.4, 0.5) is 5.69 Å². The zero-order chi connectivity index (χ0) is 17.6. The third-order valence-electron chi connectivity index (χ3n) is 3.41. The van der Waals surface area contributed by atoms with E-state index in [0.29, 0.717) is 15.8 Å².